The zero-order valence-electron chi connectivity index (χ0n) is 10.5. The highest BCUT2D eigenvalue weighted by atomic mass is 16.6. The van der Waals surface area contributed by atoms with Crippen LogP contribution in [-0.4, -0.2) is 23.4 Å². The van der Waals surface area contributed by atoms with Gasteiger partial charge < -0.3 is 0 Å². The molecule has 18 heavy (non-hydrogen) atoms. The molecule has 1 rings (SSSR count). The van der Waals surface area contributed by atoms with E-state index < -0.39 is 16.9 Å². The van der Waals surface area contributed by atoms with E-state index in [-0.39, 0.29) is 0 Å². The van der Waals surface area contributed by atoms with Crippen molar-refractivity contribution in [1.82, 2.24) is 5.32 Å². The quantitative estimate of drug-likeness (QED) is 0.252. The molecule has 0 aromatic heterocycles. The minimum Gasteiger partial charge on any atom is -0.285 e. The van der Waals surface area contributed by atoms with Gasteiger partial charge in [0.2, 0.25) is 0 Å². The van der Waals surface area contributed by atoms with Crippen molar-refractivity contribution in [2.45, 2.75) is 32.4 Å². The molecule has 0 fully saturated rings. The highest BCUT2D eigenvalue weighted by Gasteiger charge is 2.29. The Bertz CT molecular complexity index is 392. The molecule has 0 spiro atoms. The summed E-state index contributed by atoms with van der Waals surface area (Å²) in [6.45, 7) is 2.54. The van der Waals surface area contributed by atoms with Crippen molar-refractivity contribution in [3.63, 3.8) is 0 Å². The van der Waals surface area contributed by atoms with Crippen LogP contribution in [0.5, 0.6) is 0 Å². The molecule has 1 aromatic carbocycles. The van der Waals surface area contributed by atoms with Gasteiger partial charge in [0.1, 0.15) is 0 Å². The lowest BCUT2D eigenvalue weighted by Crippen LogP contribution is -2.43. The number of nitro groups is 1. The fourth-order valence-electron chi connectivity index (χ4n) is 1.64. The van der Waals surface area contributed by atoms with E-state index in [1.807, 2.05) is 0 Å². The van der Waals surface area contributed by atoms with Gasteiger partial charge in [0.05, 0.1) is 0 Å². The van der Waals surface area contributed by atoms with Gasteiger partial charge in [-0.1, -0.05) is 50.1 Å². The molecule has 0 aliphatic rings. The number of ketones is 1. The van der Waals surface area contributed by atoms with E-state index in [4.69, 9.17) is 0 Å². The molecule has 0 saturated carbocycles. The van der Waals surface area contributed by atoms with Crippen molar-refractivity contribution >= 4 is 5.78 Å². The maximum Gasteiger partial charge on any atom is 0.328 e. The number of hydrogen-bond donors (Lipinski definition) is 1. The molecule has 1 atom stereocenters. The summed E-state index contributed by atoms with van der Waals surface area (Å²) < 4.78 is 0. The molecular weight excluding hydrogens is 232 g/mol. The molecule has 5 heteroatoms. The second kappa shape index (κ2) is 7.55. The lowest BCUT2D eigenvalue weighted by molar-refractivity contribution is -0.511. The van der Waals surface area contributed by atoms with Crippen LogP contribution in [0.4, 0.5) is 0 Å². The Hall–Kier alpha value is -1.75. The van der Waals surface area contributed by atoms with E-state index in [0.29, 0.717) is 12.1 Å². The second-order valence-electron chi connectivity index (χ2n) is 4.08. The Balaban J connectivity index is 2.62. The third-order valence-electron chi connectivity index (χ3n) is 2.64. The van der Waals surface area contributed by atoms with E-state index in [9.17, 15) is 14.9 Å². The summed E-state index contributed by atoms with van der Waals surface area (Å²) >= 11 is 0. The van der Waals surface area contributed by atoms with Gasteiger partial charge >= 0.3 is 6.17 Å². The largest absolute Gasteiger partial charge is 0.328 e. The van der Waals surface area contributed by atoms with Crippen molar-refractivity contribution in [2.24, 2.45) is 0 Å². The molecule has 0 heterocycles. The Morgan fingerprint density at radius 3 is 2.56 bits per heavy atom. The molecule has 98 valence electrons. The summed E-state index contributed by atoms with van der Waals surface area (Å²) in [5.41, 5.74) is 0.363. The molecule has 1 aromatic rings. The fourth-order valence-corrected chi connectivity index (χ4v) is 1.64. The Kier molecular flexibility index (Phi) is 6.00. The molecule has 1 unspecified atom stereocenters. The van der Waals surface area contributed by atoms with Crippen LogP contribution in [0.25, 0.3) is 0 Å². The third kappa shape index (κ3) is 4.25. The number of rotatable bonds is 8. The van der Waals surface area contributed by atoms with Crippen LogP contribution in [-0.2, 0) is 0 Å². The molecule has 0 radical (unpaired) electrons. The van der Waals surface area contributed by atoms with Crippen LogP contribution in [0.1, 0.15) is 36.5 Å². The molecule has 5 nitrogen and oxygen atoms in total. The van der Waals surface area contributed by atoms with Gasteiger partial charge in [0.25, 0.3) is 5.78 Å². The van der Waals surface area contributed by atoms with Gasteiger partial charge in [0.15, 0.2) is 0 Å². The summed E-state index contributed by atoms with van der Waals surface area (Å²) in [4.78, 5) is 22.3. The summed E-state index contributed by atoms with van der Waals surface area (Å²) in [5.74, 6) is -0.489. The zero-order chi connectivity index (χ0) is 13.4. The topological polar surface area (TPSA) is 72.2 Å². The first kappa shape index (κ1) is 14.3. The second-order valence-corrected chi connectivity index (χ2v) is 4.08. The maximum absolute atomic E-state index is 11.9. The predicted molar refractivity (Wildman–Crippen MR) is 69.1 cm³/mol. The predicted octanol–water partition coefficient (Wildman–Crippen LogP) is 2.25. The van der Waals surface area contributed by atoms with E-state index in [2.05, 4.69) is 12.2 Å². The van der Waals surface area contributed by atoms with Gasteiger partial charge in [-0.3, -0.25) is 14.9 Å². The van der Waals surface area contributed by atoms with Crippen molar-refractivity contribution in [3.8, 4) is 0 Å². The summed E-state index contributed by atoms with van der Waals surface area (Å²) in [6, 6.07) is 8.34. The fraction of sp³-hybridized carbons (Fsp3) is 0.462. The third-order valence-corrected chi connectivity index (χ3v) is 2.64. The number of Topliss-reactive ketones (excluding diaryl/α,β-unsaturated/α-hetero) is 1. The first-order valence-corrected chi connectivity index (χ1v) is 6.13. The van der Waals surface area contributed by atoms with Crippen molar-refractivity contribution in [2.75, 3.05) is 6.54 Å². The SMILES string of the molecule is CCCCCNC(C(=O)c1ccccc1)[N+](=O)[O-]. The summed E-state index contributed by atoms with van der Waals surface area (Å²) in [6.07, 6.45) is 1.53. The lowest BCUT2D eigenvalue weighted by Gasteiger charge is -2.10. The van der Waals surface area contributed by atoms with Crippen molar-refractivity contribution in [1.29, 1.82) is 0 Å². The number of nitrogens with one attached hydrogen (secondary N) is 1. The van der Waals surface area contributed by atoms with Gasteiger partial charge in [0, 0.05) is 17.0 Å². The number of carbonyl (C=O) groups is 1. The van der Waals surface area contributed by atoms with Gasteiger partial charge in [-0.2, -0.15) is 0 Å². The lowest BCUT2D eigenvalue weighted by atomic mass is 10.1. The highest BCUT2D eigenvalue weighted by Crippen LogP contribution is 2.04. The summed E-state index contributed by atoms with van der Waals surface area (Å²) in [7, 11) is 0. The van der Waals surface area contributed by atoms with Crippen LogP contribution in [0.3, 0.4) is 0 Å². The minimum absolute atomic E-state index is 0.363. The van der Waals surface area contributed by atoms with Gasteiger partial charge in [-0.05, 0) is 6.42 Å². The Labute approximate surface area is 106 Å². The van der Waals surface area contributed by atoms with Crippen molar-refractivity contribution in [3.05, 3.63) is 46.0 Å². The van der Waals surface area contributed by atoms with E-state index in [0.717, 1.165) is 19.3 Å². The first-order valence-electron chi connectivity index (χ1n) is 6.13. The first-order chi connectivity index (χ1) is 8.66. The molecule has 0 saturated heterocycles. The minimum atomic E-state index is -1.34. The molecule has 0 aliphatic heterocycles. The standard InChI is InChI=1S/C13H18N2O3/c1-2-3-7-10-14-13(15(17)18)12(16)11-8-5-4-6-9-11/h4-6,8-9,13-14H,2-3,7,10H2,1H3. The average Bonchev–Trinajstić information content (AvgIpc) is 2.39. The average molecular weight is 250 g/mol. The van der Waals surface area contributed by atoms with Crippen LogP contribution >= 0.6 is 0 Å². The van der Waals surface area contributed by atoms with E-state index >= 15 is 0 Å². The van der Waals surface area contributed by atoms with E-state index in [1.165, 1.54) is 0 Å². The zero-order valence-corrected chi connectivity index (χ0v) is 10.5. The Morgan fingerprint density at radius 1 is 1.33 bits per heavy atom. The smallest absolute Gasteiger partial charge is 0.285 e. The van der Waals surface area contributed by atoms with Crippen LogP contribution in [0.2, 0.25) is 0 Å². The van der Waals surface area contributed by atoms with Crippen LogP contribution in [0.15, 0.2) is 30.3 Å². The molecule has 0 aliphatic carbocycles. The highest BCUT2D eigenvalue weighted by molar-refractivity contribution is 5.98. The van der Waals surface area contributed by atoms with Gasteiger partial charge in [-0.15, -0.1) is 0 Å². The van der Waals surface area contributed by atoms with Crippen molar-refractivity contribution < 1.29 is 9.72 Å². The number of nitrogens with zero attached hydrogens (tertiary/aromatic N) is 1. The maximum atomic E-state index is 11.9. The number of hydrogen-bond acceptors (Lipinski definition) is 4. The molecule has 0 bridgehead atoms. The molecule has 1 N–H and O–H groups in total. The number of carbonyl (C=O) groups excluding carboxylic acids is 1. The number of benzene rings is 1. The van der Waals surface area contributed by atoms with Crippen LogP contribution in [0, 0.1) is 10.1 Å². The Morgan fingerprint density at radius 2 is 2.00 bits per heavy atom. The van der Waals surface area contributed by atoms with E-state index in [1.54, 1.807) is 30.3 Å². The number of unbranched alkanes of at least 4 members (excludes halogenated alkanes) is 2. The molecule has 0 amide bonds. The monoisotopic (exact) mass is 250 g/mol. The normalized spacial score (nSPS) is 12.1. The summed E-state index contributed by atoms with van der Waals surface area (Å²) in [5, 5.41) is 13.6. The van der Waals surface area contributed by atoms with Crippen LogP contribution < -0.4 is 5.32 Å². The molecular formula is C13H18N2O3. The van der Waals surface area contributed by atoms with Gasteiger partial charge in [-0.25, -0.2) is 5.32 Å².